The van der Waals surface area contributed by atoms with Crippen molar-refractivity contribution in [3.8, 4) is 0 Å². The molecule has 6 nitrogen and oxygen atoms in total. The molecule has 0 aromatic carbocycles. The molecule has 0 aromatic heterocycles. The largest absolute Gasteiger partial charge is 0.480 e. The number of hydrogen-bond donors (Lipinski definition) is 2. The molecule has 2 N–H and O–H groups in total. The van der Waals surface area contributed by atoms with Crippen LogP contribution >= 0.6 is 0 Å². The highest BCUT2D eigenvalue weighted by atomic mass is 16.7. The molecule has 1 aliphatic rings. The predicted molar refractivity (Wildman–Crippen MR) is 43.7 cm³/mol. The molecule has 0 bridgehead atoms. The molecule has 1 saturated heterocycles. The summed E-state index contributed by atoms with van der Waals surface area (Å²) in [6.07, 6.45) is 0. The molecule has 0 spiro atoms. The first-order chi connectivity index (χ1) is 6.30. The Morgan fingerprint density at radius 1 is 1.07 bits per heavy atom. The molecule has 80 valence electrons. The van der Waals surface area contributed by atoms with Crippen LogP contribution in [0.3, 0.4) is 0 Å². The number of hydrogen-bond acceptors (Lipinski definition) is 4. The van der Waals surface area contributed by atoms with Gasteiger partial charge in [0.15, 0.2) is 5.79 Å². The van der Waals surface area contributed by atoms with Gasteiger partial charge in [-0.15, -0.1) is 0 Å². The fraction of sp³-hybridized carbons (Fsp3) is 0.750. The van der Waals surface area contributed by atoms with Gasteiger partial charge in [0.2, 0.25) is 5.41 Å². The van der Waals surface area contributed by atoms with E-state index < -0.39 is 23.1 Å². The zero-order valence-electron chi connectivity index (χ0n) is 7.94. The molecule has 0 radical (unpaired) electrons. The third kappa shape index (κ3) is 1.71. The molecule has 0 aliphatic carbocycles. The zero-order chi connectivity index (χ0) is 11.0. The van der Waals surface area contributed by atoms with Gasteiger partial charge in [-0.05, 0) is 13.8 Å². The molecular formula is C8H12O6. The zero-order valence-corrected chi connectivity index (χ0v) is 7.94. The van der Waals surface area contributed by atoms with Crippen LogP contribution in [0.5, 0.6) is 0 Å². The second-order valence-corrected chi connectivity index (χ2v) is 3.67. The van der Waals surface area contributed by atoms with E-state index >= 15 is 0 Å². The average Bonchev–Trinajstić information content (AvgIpc) is 2.03. The molecule has 1 rings (SSSR count). The van der Waals surface area contributed by atoms with Gasteiger partial charge in [-0.2, -0.15) is 0 Å². The smallest absolute Gasteiger partial charge is 0.325 e. The Labute approximate surface area is 80.4 Å². The summed E-state index contributed by atoms with van der Waals surface area (Å²) in [6, 6.07) is 0. The lowest BCUT2D eigenvalue weighted by Gasteiger charge is -2.38. The summed E-state index contributed by atoms with van der Waals surface area (Å²) >= 11 is 0. The van der Waals surface area contributed by atoms with Crippen molar-refractivity contribution >= 4 is 11.9 Å². The standard InChI is InChI=1S/C8H12O6/c1-7(2)13-3-8(4-14-7,5(9)10)6(11)12/h3-4H2,1-2H3,(H,9,10)(H,11,12). The van der Waals surface area contributed by atoms with E-state index in [0.29, 0.717) is 0 Å². The summed E-state index contributed by atoms with van der Waals surface area (Å²) < 4.78 is 10.0. The van der Waals surface area contributed by atoms with Crippen molar-refractivity contribution in [2.24, 2.45) is 5.41 Å². The van der Waals surface area contributed by atoms with Crippen molar-refractivity contribution in [3.05, 3.63) is 0 Å². The van der Waals surface area contributed by atoms with Gasteiger partial charge in [0.05, 0.1) is 13.2 Å². The minimum atomic E-state index is -1.98. The molecule has 1 aliphatic heterocycles. The van der Waals surface area contributed by atoms with E-state index in [2.05, 4.69) is 0 Å². The number of rotatable bonds is 2. The highest BCUT2D eigenvalue weighted by Crippen LogP contribution is 2.30. The van der Waals surface area contributed by atoms with Crippen LogP contribution in [0.25, 0.3) is 0 Å². The molecule has 0 atom stereocenters. The van der Waals surface area contributed by atoms with Crippen LogP contribution in [0.4, 0.5) is 0 Å². The molecule has 6 heteroatoms. The van der Waals surface area contributed by atoms with Gasteiger partial charge in [-0.3, -0.25) is 9.59 Å². The molecule has 1 heterocycles. The molecule has 1 fully saturated rings. The van der Waals surface area contributed by atoms with Crippen LogP contribution in [0, 0.1) is 5.41 Å². The van der Waals surface area contributed by atoms with Gasteiger partial charge in [0, 0.05) is 0 Å². The van der Waals surface area contributed by atoms with Gasteiger partial charge in [0.25, 0.3) is 0 Å². The van der Waals surface area contributed by atoms with Gasteiger partial charge < -0.3 is 19.7 Å². The fourth-order valence-electron chi connectivity index (χ4n) is 1.02. The molecule has 14 heavy (non-hydrogen) atoms. The van der Waals surface area contributed by atoms with Crippen molar-refractivity contribution in [2.75, 3.05) is 13.2 Å². The summed E-state index contributed by atoms with van der Waals surface area (Å²) in [5, 5.41) is 17.6. The van der Waals surface area contributed by atoms with Crippen molar-refractivity contribution in [1.29, 1.82) is 0 Å². The van der Waals surface area contributed by atoms with E-state index in [1.807, 2.05) is 0 Å². The SMILES string of the molecule is CC1(C)OCC(C(=O)O)(C(=O)O)CO1. The number of aliphatic carboxylic acids is 2. The van der Waals surface area contributed by atoms with E-state index in [4.69, 9.17) is 19.7 Å². The lowest BCUT2D eigenvalue weighted by molar-refractivity contribution is -0.281. The maximum absolute atomic E-state index is 10.8. The third-order valence-corrected chi connectivity index (χ3v) is 2.15. The van der Waals surface area contributed by atoms with Gasteiger partial charge >= 0.3 is 11.9 Å². The summed E-state index contributed by atoms with van der Waals surface area (Å²) in [5.74, 6) is -3.81. The molecule has 0 saturated carbocycles. The van der Waals surface area contributed by atoms with E-state index in [1.54, 1.807) is 13.8 Å². The van der Waals surface area contributed by atoms with Crippen molar-refractivity contribution in [1.82, 2.24) is 0 Å². The maximum atomic E-state index is 10.8. The van der Waals surface area contributed by atoms with Crippen molar-refractivity contribution < 1.29 is 29.3 Å². The Bertz CT molecular complexity index is 243. The number of carbonyl (C=O) groups is 2. The van der Waals surface area contributed by atoms with Crippen molar-refractivity contribution in [3.63, 3.8) is 0 Å². The third-order valence-electron chi connectivity index (χ3n) is 2.15. The quantitative estimate of drug-likeness (QED) is 0.611. The highest BCUT2D eigenvalue weighted by molar-refractivity contribution is 5.98. The second-order valence-electron chi connectivity index (χ2n) is 3.67. The van der Waals surface area contributed by atoms with Gasteiger partial charge in [-0.1, -0.05) is 0 Å². The Morgan fingerprint density at radius 3 is 1.71 bits per heavy atom. The Hall–Kier alpha value is -1.14. The predicted octanol–water partition coefficient (Wildman–Crippen LogP) is -0.0751. The lowest BCUT2D eigenvalue weighted by atomic mass is 9.89. The van der Waals surface area contributed by atoms with E-state index in [1.165, 1.54) is 0 Å². The first-order valence-electron chi connectivity index (χ1n) is 4.05. The second kappa shape index (κ2) is 3.21. The van der Waals surface area contributed by atoms with Crippen LogP contribution in [0.2, 0.25) is 0 Å². The minimum Gasteiger partial charge on any atom is -0.480 e. The van der Waals surface area contributed by atoms with E-state index in [0.717, 1.165) is 0 Å². The number of carboxylic acid groups (broad SMARTS) is 2. The van der Waals surface area contributed by atoms with Crippen LogP contribution in [0.15, 0.2) is 0 Å². The maximum Gasteiger partial charge on any atom is 0.325 e. The summed E-state index contributed by atoms with van der Waals surface area (Å²) in [5.41, 5.74) is -1.98. The average molecular weight is 204 g/mol. The molecular weight excluding hydrogens is 192 g/mol. The molecule has 0 amide bonds. The molecule has 0 unspecified atom stereocenters. The van der Waals surface area contributed by atoms with Crippen LogP contribution in [-0.4, -0.2) is 41.2 Å². The summed E-state index contributed by atoms with van der Waals surface area (Å²) in [4.78, 5) is 21.6. The topological polar surface area (TPSA) is 93.1 Å². The van der Waals surface area contributed by atoms with Gasteiger partial charge in [0.1, 0.15) is 0 Å². The number of ether oxygens (including phenoxy) is 2. The van der Waals surface area contributed by atoms with Crippen molar-refractivity contribution in [2.45, 2.75) is 19.6 Å². The lowest BCUT2D eigenvalue weighted by Crippen LogP contribution is -2.55. The summed E-state index contributed by atoms with van der Waals surface area (Å²) in [6.45, 7) is 2.43. The fourth-order valence-corrected chi connectivity index (χ4v) is 1.02. The Balaban J connectivity index is 2.85. The summed E-state index contributed by atoms with van der Waals surface area (Å²) in [7, 11) is 0. The normalized spacial score (nSPS) is 24.1. The van der Waals surface area contributed by atoms with Gasteiger partial charge in [-0.25, -0.2) is 0 Å². The number of carboxylic acids is 2. The minimum absolute atomic E-state index is 0.384. The molecule has 0 aromatic rings. The van der Waals surface area contributed by atoms with Crippen LogP contribution < -0.4 is 0 Å². The van der Waals surface area contributed by atoms with Crippen LogP contribution in [-0.2, 0) is 19.1 Å². The monoisotopic (exact) mass is 204 g/mol. The Kier molecular flexibility index (Phi) is 2.51. The van der Waals surface area contributed by atoms with Crippen LogP contribution in [0.1, 0.15) is 13.8 Å². The van der Waals surface area contributed by atoms with E-state index in [-0.39, 0.29) is 13.2 Å². The Morgan fingerprint density at radius 2 is 1.43 bits per heavy atom. The first-order valence-corrected chi connectivity index (χ1v) is 4.05. The first kappa shape index (κ1) is 10.9. The van der Waals surface area contributed by atoms with E-state index in [9.17, 15) is 9.59 Å². The highest BCUT2D eigenvalue weighted by Gasteiger charge is 2.52.